The minimum atomic E-state index is -0.137. The number of carbonyl (C=O) groups excluding carboxylic acids is 1. The van der Waals surface area contributed by atoms with Crippen LogP contribution in [0.4, 0.5) is 0 Å². The molecule has 0 fully saturated rings. The Kier molecular flexibility index (Phi) is 7.52. The Bertz CT molecular complexity index is 666. The van der Waals surface area contributed by atoms with E-state index in [0.717, 1.165) is 36.1 Å². The van der Waals surface area contributed by atoms with Crippen LogP contribution in [-0.2, 0) is 16.1 Å². The molecule has 1 aliphatic rings. The maximum absolute atomic E-state index is 11.9. The van der Waals surface area contributed by atoms with E-state index in [1.807, 2.05) is 51.1 Å². The summed E-state index contributed by atoms with van der Waals surface area (Å²) in [6.07, 6.45) is 13.8. The first kappa shape index (κ1) is 19.0. The zero-order valence-electron chi connectivity index (χ0n) is 15.5. The van der Waals surface area contributed by atoms with Gasteiger partial charge in [-0.3, -0.25) is 4.79 Å². The number of hydrogen-bond donors (Lipinski definition) is 0. The normalized spacial score (nSPS) is 13.5. The van der Waals surface area contributed by atoms with E-state index in [9.17, 15) is 4.79 Å². The smallest absolute Gasteiger partial charge is 0.306 e. The molecule has 0 radical (unpaired) electrons. The van der Waals surface area contributed by atoms with Crippen molar-refractivity contribution in [3.05, 3.63) is 59.2 Å². The molecule has 0 saturated carbocycles. The van der Waals surface area contributed by atoms with Crippen molar-refractivity contribution in [3.8, 4) is 5.75 Å². The summed E-state index contributed by atoms with van der Waals surface area (Å²) in [6.45, 7) is 6.29. The molecule has 134 valence electrons. The summed E-state index contributed by atoms with van der Waals surface area (Å²) in [4.78, 5) is 11.9. The molecule has 25 heavy (non-hydrogen) atoms. The van der Waals surface area contributed by atoms with E-state index < -0.39 is 0 Å². The fraction of sp³-hybridized carbons (Fsp3) is 0.409. The van der Waals surface area contributed by atoms with Gasteiger partial charge in [0.05, 0.1) is 6.10 Å². The third-order valence-electron chi connectivity index (χ3n) is 3.91. The van der Waals surface area contributed by atoms with Crippen LogP contribution in [0.15, 0.2) is 48.1 Å². The van der Waals surface area contributed by atoms with E-state index in [-0.39, 0.29) is 12.1 Å². The molecule has 0 aromatic heterocycles. The van der Waals surface area contributed by atoms with Gasteiger partial charge in [0.2, 0.25) is 0 Å². The first-order valence-corrected chi connectivity index (χ1v) is 9.01. The van der Waals surface area contributed by atoms with Crippen LogP contribution in [0.25, 0.3) is 6.08 Å². The van der Waals surface area contributed by atoms with Crippen molar-refractivity contribution in [2.45, 2.75) is 59.2 Å². The Morgan fingerprint density at radius 2 is 2.16 bits per heavy atom. The Balaban J connectivity index is 1.82. The summed E-state index contributed by atoms with van der Waals surface area (Å²) in [6, 6.07) is 5.91. The van der Waals surface area contributed by atoms with E-state index in [1.165, 1.54) is 5.57 Å². The lowest BCUT2D eigenvalue weighted by atomic mass is 10.1. The van der Waals surface area contributed by atoms with Crippen LogP contribution >= 0.6 is 0 Å². The second-order valence-corrected chi connectivity index (χ2v) is 6.51. The van der Waals surface area contributed by atoms with Crippen molar-refractivity contribution in [1.29, 1.82) is 0 Å². The average molecular weight is 340 g/mol. The van der Waals surface area contributed by atoms with Gasteiger partial charge in [0, 0.05) is 12.0 Å². The minimum Gasteiger partial charge on any atom is -0.490 e. The van der Waals surface area contributed by atoms with Crippen LogP contribution in [0.5, 0.6) is 5.75 Å². The highest BCUT2D eigenvalue weighted by Gasteiger charge is 2.08. The van der Waals surface area contributed by atoms with Gasteiger partial charge in [-0.25, -0.2) is 0 Å². The number of allylic oxidation sites excluding steroid dienone is 5. The maximum Gasteiger partial charge on any atom is 0.306 e. The zero-order chi connectivity index (χ0) is 18.1. The summed E-state index contributed by atoms with van der Waals surface area (Å²) >= 11 is 0. The summed E-state index contributed by atoms with van der Waals surface area (Å²) < 4.78 is 11.2. The van der Waals surface area contributed by atoms with Gasteiger partial charge in [-0.15, -0.1) is 0 Å². The molecule has 2 rings (SSSR count). The first-order chi connectivity index (χ1) is 12.1. The van der Waals surface area contributed by atoms with E-state index in [2.05, 4.69) is 18.2 Å². The summed E-state index contributed by atoms with van der Waals surface area (Å²) in [5, 5.41) is 0. The van der Waals surface area contributed by atoms with Crippen LogP contribution in [0.2, 0.25) is 0 Å². The van der Waals surface area contributed by atoms with Crippen molar-refractivity contribution in [2.24, 2.45) is 0 Å². The molecule has 0 saturated heterocycles. The number of hydrogen-bond acceptors (Lipinski definition) is 3. The SMILES string of the molecule is C/C=C\c1cc(COC(=O)CCCC2=CC=CC2)ccc1OC(C)C. The zero-order valence-corrected chi connectivity index (χ0v) is 15.5. The first-order valence-electron chi connectivity index (χ1n) is 9.01. The molecule has 0 bridgehead atoms. The van der Waals surface area contributed by atoms with Crippen LogP contribution < -0.4 is 4.74 Å². The van der Waals surface area contributed by atoms with Crippen molar-refractivity contribution in [2.75, 3.05) is 0 Å². The molecular weight excluding hydrogens is 312 g/mol. The quantitative estimate of drug-likeness (QED) is 0.548. The average Bonchev–Trinajstić information content (AvgIpc) is 3.08. The van der Waals surface area contributed by atoms with Gasteiger partial charge < -0.3 is 9.47 Å². The van der Waals surface area contributed by atoms with Crippen LogP contribution in [-0.4, -0.2) is 12.1 Å². The molecule has 1 aromatic carbocycles. The highest BCUT2D eigenvalue weighted by molar-refractivity contribution is 5.69. The van der Waals surface area contributed by atoms with E-state index in [1.54, 1.807) is 0 Å². The number of esters is 1. The molecule has 1 aliphatic carbocycles. The Labute approximate surface area is 151 Å². The van der Waals surface area contributed by atoms with Gasteiger partial charge in [0.25, 0.3) is 0 Å². The molecule has 3 heteroatoms. The van der Waals surface area contributed by atoms with Gasteiger partial charge in [0.15, 0.2) is 0 Å². The maximum atomic E-state index is 11.9. The second-order valence-electron chi connectivity index (χ2n) is 6.51. The van der Waals surface area contributed by atoms with Crippen molar-refractivity contribution >= 4 is 12.0 Å². The molecule has 0 aliphatic heterocycles. The lowest BCUT2D eigenvalue weighted by molar-refractivity contribution is -0.145. The molecule has 3 nitrogen and oxygen atoms in total. The third kappa shape index (κ3) is 6.61. The van der Waals surface area contributed by atoms with Gasteiger partial charge in [-0.05, 0) is 57.7 Å². The Morgan fingerprint density at radius 1 is 1.32 bits per heavy atom. The Morgan fingerprint density at radius 3 is 2.84 bits per heavy atom. The number of benzene rings is 1. The highest BCUT2D eigenvalue weighted by Crippen LogP contribution is 2.24. The van der Waals surface area contributed by atoms with Crippen LogP contribution in [0.1, 0.15) is 57.6 Å². The number of rotatable bonds is 9. The van der Waals surface area contributed by atoms with Crippen LogP contribution in [0.3, 0.4) is 0 Å². The van der Waals surface area contributed by atoms with E-state index in [0.29, 0.717) is 13.0 Å². The lowest BCUT2D eigenvalue weighted by Gasteiger charge is -2.14. The fourth-order valence-corrected chi connectivity index (χ4v) is 2.73. The van der Waals surface area contributed by atoms with Crippen LogP contribution in [0, 0.1) is 0 Å². The highest BCUT2D eigenvalue weighted by atomic mass is 16.5. The van der Waals surface area contributed by atoms with Gasteiger partial charge in [-0.1, -0.05) is 42.0 Å². The third-order valence-corrected chi connectivity index (χ3v) is 3.91. The van der Waals surface area contributed by atoms with E-state index in [4.69, 9.17) is 9.47 Å². The molecule has 0 heterocycles. The summed E-state index contributed by atoms with van der Waals surface area (Å²) in [5.41, 5.74) is 3.37. The lowest BCUT2D eigenvalue weighted by Crippen LogP contribution is -2.07. The van der Waals surface area contributed by atoms with E-state index >= 15 is 0 Å². The molecule has 0 atom stereocenters. The van der Waals surface area contributed by atoms with Gasteiger partial charge >= 0.3 is 5.97 Å². The Hall–Kier alpha value is -2.29. The van der Waals surface area contributed by atoms with Crippen molar-refractivity contribution in [3.63, 3.8) is 0 Å². The second kappa shape index (κ2) is 9.87. The molecular formula is C22H28O3. The number of ether oxygens (including phenoxy) is 2. The molecule has 0 N–H and O–H groups in total. The molecule has 1 aromatic rings. The molecule has 0 spiro atoms. The topological polar surface area (TPSA) is 35.5 Å². The standard InChI is InChI=1S/C22H28O3/c1-4-8-20-15-19(13-14-21(20)25-17(2)3)16-24-22(23)12-7-11-18-9-5-6-10-18/h4-6,8-9,13-15,17H,7,10-12,16H2,1-3H3/b8-4-. The predicted molar refractivity (Wildman–Crippen MR) is 102 cm³/mol. The summed E-state index contributed by atoms with van der Waals surface area (Å²) in [7, 11) is 0. The largest absolute Gasteiger partial charge is 0.490 e. The van der Waals surface area contributed by atoms with Crippen molar-refractivity contribution in [1.82, 2.24) is 0 Å². The number of carbonyl (C=O) groups is 1. The summed E-state index contributed by atoms with van der Waals surface area (Å²) in [5.74, 6) is 0.711. The molecule has 0 amide bonds. The predicted octanol–water partition coefficient (Wildman–Crippen LogP) is 5.61. The monoisotopic (exact) mass is 340 g/mol. The van der Waals surface area contributed by atoms with Gasteiger partial charge in [-0.2, -0.15) is 0 Å². The van der Waals surface area contributed by atoms with Gasteiger partial charge in [0.1, 0.15) is 12.4 Å². The van der Waals surface area contributed by atoms with Crippen molar-refractivity contribution < 1.29 is 14.3 Å². The fourth-order valence-electron chi connectivity index (χ4n) is 2.73. The minimum absolute atomic E-state index is 0.123. The molecule has 0 unspecified atom stereocenters.